The molecule has 109 valence electrons. The maximum Gasteiger partial charge on any atom is -0.0281 e. The Morgan fingerprint density at radius 3 is 1.47 bits per heavy atom. The Labute approximate surface area is 121 Å². The third kappa shape index (κ3) is 5.27. The van der Waals surface area contributed by atoms with Gasteiger partial charge in [-0.15, -0.1) is 0 Å². The molecule has 0 amide bonds. The van der Waals surface area contributed by atoms with Crippen LogP contribution in [0.15, 0.2) is 30.3 Å². The fourth-order valence-corrected chi connectivity index (χ4v) is 7.86. The van der Waals surface area contributed by atoms with Crippen LogP contribution in [0.25, 0.3) is 0 Å². The van der Waals surface area contributed by atoms with E-state index in [9.17, 15) is 0 Å². The van der Waals surface area contributed by atoms with E-state index in [-0.39, 0.29) is 0 Å². The molecule has 0 spiro atoms. The third-order valence-corrected chi connectivity index (χ3v) is 9.03. The fourth-order valence-electron chi connectivity index (χ4n) is 2.85. The van der Waals surface area contributed by atoms with Gasteiger partial charge in [-0.1, -0.05) is 77.6 Å². The zero-order chi connectivity index (χ0) is 14.0. The summed E-state index contributed by atoms with van der Waals surface area (Å²) in [5, 5.41) is 1.70. The summed E-state index contributed by atoms with van der Waals surface area (Å²) < 4.78 is 0. The number of hydrogen-bond donors (Lipinski definition) is 0. The standard InChI is InChI=1S/C18H32P/c1-4-7-15-19(16-8-5-2,17-9-6-3)18-13-11-10-12-14-18/h10-14H,4-9,15-17H2,1-3H3. The maximum absolute atomic E-state index is 2.41. The van der Waals surface area contributed by atoms with Gasteiger partial charge in [0.15, 0.2) is 0 Å². The molecule has 0 aliphatic rings. The average Bonchev–Trinajstić information content (AvgIpc) is 2.48. The Balaban J connectivity index is 2.94. The van der Waals surface area contributed by atoms with Crippen LogP contribution in [-0.4, -0.2) is 18.5 Å². The molecule has 0 aromatic heterocycles. The van der Waals surface area contributed by atoms with Crippen LogP contribution in [0.5, 0.6) is 0 Å². The molecule has 0 aliphatic heterocycles. The molecule has 1 aromatic rings. The summed E-state index contributed by atoms with van der Waals surface area (Å²) in [5.41, 5.74) is 0. The van der Waals surface area contributed by atoms with Crippen molar-refractivity contribution in [1.29, 1.82) is 0 Å². The third-order valence-electron chi connectivity index (χ3n) is 4.12. The minimum atomic E-state index is -0.898. The van der Waals surface area contributed by atoms with Gasteiger partial charge >= 0.3 is 0 Å². The lowest BCUT2D eigenvalue weighted by molar-refractivity contribution is 0.841. The molecule has 0 aliphatic carbocycles. The summed E-state index contributed by atoms with van der Waals surface area (Å²) in [5.74, 6) is 0. The Bertz CT molecular complexity index is 296. The minimum Gasteiger partial charge on any atom is -0.0974 e. The summed E-state index contributed by atoms with van der Waals surface area (Å²) >= 11 is 0. The molecule has 1 aromatic carbocycles. The molecular formula is C18H32P. The van der Waals surface area contributed by atoms with E-state index in [1.54, 1.807) is 5.30 Å². The lowest BCUT2D eigenvalue weighted by Crippen LogP contribution is -2.20. The number of hydrogen-bond acceptors (Lipinski definition) is 0. The molecule has 0 unspecified atom stereocenters. The predicted molar refractivity (Wildman–Crippen MR) is 92.3 cm³/mol. The first-order chi connectivity index (χ1) is 9.29. The van der Waals surface area contributed by atoms with E-state index in [0.29, 0.717) is 0 Å². The van der Waals surface area contributed by atoms with Crippen molar-refractivity contribution in [3.63, 3.8) is 0 Å². The van der Waals surface area contributed by atoms with Crippen LogP contribution in [0.4, 0.5) is 0 Å². The molecule has 0 bridgehead atoms. The topological polar surface area (TPSA) is 0 Å². The molecule has 0 fully saturated rings. The van der Waals surface area contributed by atoms with Crippen LogP contribution in [0.3, 0.4) is 0 Å². The molecular weight excluding hydrogens is 247 g/mol. The van der Waals surface area contributed by atoms with Gasteiger partial charge in [-0.2, -0.15) is 0 Å². The van der Waals surface area contributed by atoms with E-state index in [1.807, 2.05) is 0 Å². The van der Waals surface area contributed by atoms with Gasteiger partial charge in [0.1, 0.15) is 0 Å². The van der Waals surface area contributed by atoms with Gasteiger partial charge < -0.3 is 0 Å². The normalized spacial score (nSPS) is 11.7. The van der Waals surface area contributed by atoms with Crippen LogP contribution in [0.2, 0.25) is 0 Å². The SMILES string of the molecule is CCCC[P](CCCC)(CCCC)c1ccccc1. The van der Waals surface area contributed by atoms with Gasteiger partial charge in [0.2, 0.25) is 0 Å². The first-order valence-electron chi connectivity index (χ1n) is 8.20. The fraction of sp³-hybridized carbons (Fsp3) is 0.667. The van der Waals surface area contributed by atoms with E-state index in [2.05, 4.69) is 51.1 Å². The van der Waals surface area contributed by atoms with Gasteiger partial charge in [-0.05, 0) is 43.1 Å². The quantitative estimate of drug-likeness (QED) is 0.480. The highest BCUT2D eigenvalue weighted by Crippen LogP contribution is 2.59. The smallest absolute Gasteiger partial charge is 0.0281 e. The second-order valence-electron chi connectivity index (χ2n) is 5.71. The van der Waals surface area contributed by atoms with Gasteiger partial charge in [-0.25, -0.2) is 0 Å². The molecule has 1 rings (SSSR count). The van der Waals surface area contributed by atoms with Gasteiger partial charge in [0.25, 0.3) is 0 Å². The molecule has 0 heterocycles. The first kappa shape index (κ1) is 16.7. The zero-order valence-electron chi connectivity index (χ0n) is 13.2. The number of unbranched alkanes of at least 4 members (excludes halogenated alkanes) is 3. The van der Waals surface area contributed by atoms with Crippen molar-refractivity contribution in [3.05, 3.63) is 30.3 Å². The van der Waals surface area contributed by atoms with Crippen molar-refractivity contribution in [2.75, 3.05) is 18.5 Å². The molecule has 0 nitrogen and oxygen atoms in total. The van der Waals surface area contributed by atoms with Crippen molar-refractivity contribution in [2.24, 2.45) is 0 Å². The van der Waals surface area contributed by atoms with Gasteiger partial charge in [-0.3, -0.25) is 0 Å². The zero-order valence-corrected chi connectivity index (χ0v) is 14.1. The van der Waals surface area contributed by atoms with Gasteiger partial charge in [0.05, 0.1) is 0 Å². The second kappa shape index (κ2) is 9.54. The summed E-state index contributed by atoms with van der Waals surface area (Å²) in [6, 6.07) is 11.5. The first-order valence-corrected chi connectivity index (χ1v) is 10.5. The number of rotatable bonds is 10. The molecule has 19 heavy (non-hydrogen) atoms. The van der Waals surface area contributed by atoms with Gasteiger partial charge in [0, 0.05) is 0 Å². The van der Waals surface area contributed by atoms with Crippen molar-refractivity contribution in [3.8, 4) is 0 Å². The summed E-state index contributed by atoms with van der Waals surface area (Å²) in [6.07, 6.45) is 12.7. The summed E-state index contributed by atoms with van der Waals surface area (Å²) in [4.78, 5) is 0. The highest BCUT2D eigenvalue weighted by atomic mass is 31.2. The van der Waals surface area contributed by atoms with Crippen LogP contribution in [0.1, 0.15) is 59.3 Å². The largest absolute Gasteiger partial charge is 0.0974 e. The van der Waals surface area contributed by atoms with E-state index in [1.165, 1.54) is 57.0 Å². The molecule has 0 saturated heterocycles. The average molecular weight is 279 g/mol. The van der Waals surface area contributed by atoms with Crippen molar-refractivity contribution in [1.82, 2.24) is 0 Å². The monoisotopic (exact) mass is 279 g/mol. The van der Waals surface area contributed by atoms with E-state index in [0.717, 1.165) is 0 Å². The Kier molecular flexibility index (Phi) is 8.38. The minimum absolute atomic E-state index is 0.898. The Hall–Kier alpha value is -0.350. The van der Waals surface area contributed by atoms with E-state index >= 15 is 0 Å². The maximum atomic E-state index is 2.41. The Morgan fingerprint density at radius 2 is 1.11 bits per heavy atom. The van der Waals surface area contributed by atoms with Crippen molar-refractivity contribution >= 4 is 12.6 Å². The van der Waals surface area contributed by atoms with Crippen LogP contribution in [0, 0.1) is 0 Å². The van der Waals surface area contributed by atoms with Crippen LogP contribution < -0.4 is 5.30 Å². The lowest BCUT2D eigenvalue weighted by Gasteiger charge is -2.38. The van der Waals surface area contributed by atoms with Crippen molar-refractivity contribution < 1.29 is 0 Å². The second-order valence-corrected chi connectivity index (χ2v) is 9.86. The molecule has 1 heteroatoms. The van der Waals surface area contributed by atoms with Crippen LogP contribution in [-0.2, 0) is 0 Å². The molecule has 0 N–H and O–H groups in total. The van der Waals surface area contributed by atoms with Crippen LogP contribution >= 0.6 is 7.26 Å². The highest BCUT2D eigenvalue weighted by molar-refractivity contribution is 7.82. The number of benzene rings is 1. The predicted octanol–water partition coefficient (Wildman–Crippen LogP) is 5.73. The molecule has 0 saturated carbocycles. The van der Waals surface area contributed by atoms with E-state index in [4.69, 9.17) is 0 Å². The Morgan fingerprint density at radius 1 is 0.684 bits per heavy atom. The summed E-state index contributed by atoms with van der Waals surface area (Å²) in [6.45, 7) is 7.00. The van der Waals surface area contributed by atoms with E-state index < -0.39 is 7.26 Å². The molecule has 1 radical (unpaired) electrons. The lowest BCUT2D eigenvalue weighted by atomic mass is 10.4. The highest BCUT2D eigenvalue weighted by Gasteiger charge is 2.27. The van der Waals surface area contributed by atoms with Crippen molar-refractivity contribution in [2.45, 2.75) is 59.3 Å². The molecule has 0 atom stereocenters. The summed E-state index contributed by atoms with van der Waals surface area (Å²) in [7, 11) is -0.898.